The van der Waals surface area contributed by atoms with E-state index in [1.54, 1.807) is 48.5 Å². The normalized spacial score (nSPS) is 12.5. The zero-order valence-electron chi connectivity index (χ0n) is 9.89. The second kappa shape index (κ2) is 6.12. The molecule has 20 heavy (non-hydrogen) atoms. The Bertz CT molecular complexity index is 537. The van der Waals surface area contributed by atoms with Gasteiger partial charge in [-0.05, 0) is 35.4 Å². The molecule has 0 aromatic heterocycles. The van der Waals surface area contributed by atoms with Gasteiger partial charge in [-0.2, -0.15) is 0 Å². The summed E-state index contributed by atoms with van der Waals surface area (Å²) in [7, 11) is 0. The summed E-state index contributed by atoms with van der Waals surface area (Å²) >= 11 is 36.8. The van der Waals surface area contributed by atoms with Crippen molar-refractivity contribution in [1.29, 1.82) is 0 Å². The summed E-state index contributed by atoms with van der Waals surface area (Å²) in [6.45, 7) is 0. The van der Waals surface area contributed by atoms with Crippen molar-refractivity contribution in [3.63, 3.8) is 0 Å². The van der Waals surface area contributed by atoms with Gasteiger partial charge in [0.1, 0.15) is 4.87 Å². The van der Waals surface area contributed by atoms with Crippen molar-refractivity contribution in [3.8, 4) is 0 Å². The van der Waals surface area contributed by atoms with E-state index in [9.17, 15) is 0 Å². The average molecular weight is 389 g/mol. The van der Waals surface area contributed by atoms with Gasteiger partial charge >= 0.3 is 0 Å². The quantitative estimate of drug-likeness (QED) is 0.493. The standard InChI is InChI=1S/C14H8Cl6/c15-11-5-1-9(2-6-11)13(17,14(18,19)20)10-3-7-12(16)8-4-10/h1-8H. The van der Waals surface area contributed by atoms with Crippen LogP contribution in [-0.4, -0.2) is 3.79 Å². The average Bonchev–Trinajstić information content (AvgIpc) is 2.38. The summed E-state index contributed by atoms with van der Waals surface area (Å²) in [5, 5.41) is 1.15. The van der Waals surface area contributed by atoms with Crippen molar-refractivity contribution in [3.05, 3.63) is 69.7 Å². The van der Waals surface area contributed by atoms with Gasteiger partial charge in [-0.15, -0.1) is 11.6 Å². The molecule has 2 aromatic rings. The highest BCUT2D eigenvalue weighted by atomic mass is 35.6. The Hall–Kier alpha value is 0.180. The van der Waals surface area contributed by atoms with Crippen molar-refractivity contribution >= 4 is 69.6 Å². The number of hydrogen-bond acceptors (Lipinski definition) is 0. The maximum absolute atomic E-state index is 6.69. The molecule has 0 nitrogen and oxygen atoms in total. The van der Waals surface area contributed by atoms with Crippen LogP contribution in [-0.2, 0) is 4.87 Å². The molecule has 6 heteroatoms. The zero-order chi connectivity index (χ0) is 15.0. The van der Waals surface area contributed by atoms with Crippen LogP contribution in [0.4, 0.5) is 0 Å². The number of hydrogen-bond donors (Lipinski definition) is 0. The first-order chi connectivity index (χ1) is 9.25. The minimum Gasteiger partial charge on any atom is -0.104 e. The first-order valence-electron chi connectivity index (χ1n) is 5.53. The van der Waals surface area contributed by atoms with Gasteiger partial charge in [0.2, 0.25) is 3.79 Å². The molecule has 0 aliphatic carbocycles. The molecule has 0 unspecified atom stereocenters. The third kappa shape index (κ3) is 3.16. The van der Waals surface area contributed by atoms with Gasteiger partial charge in [0, 0.05) is 10.0 Å². The maximum atomic E-state index is 6.69. The molecule has 0 amide bonds. The summed E-state index contributed by atoms with van der Waals surface area (Å²) in [4.78, 5) is -1.34. The monoisotopic (exact) mass is 386 g/mol. The highest BCUT2D eigenvalue weighted by molar-refractivity contribution is 6.71. The van der Waals surface area contributed by atoms with Crippen LogP contribution >= 0.6 is 69.6 Å². The van der Waals surface area contributed by atoms with Crippen molar-refractivity contribution in [2.45, 2.75) is 8.67 Å². The summed E-state index contributed by atoms with van der Waals surface area (Å²) in [6.07, 6.45) is 0. The van der Waals surface area contributed by atoms with E-state index in [4.69, 9.17) is 69.6 Å². The molecule has 0 aliphatic rings. The molecule has 106 valence electrons. The maximum Gasteiger partial charge on any atom is 0.217 e. The first kappa shape index (κ1) is 16.5. The molecule has 0 radical (unpaired) electrons. The van der Waals surface area contributed by atoms with Crippen LogP contribution in [0.5, 0.6) is 0 Å². The number of rotatable bonds is 2. The summed E-state index contributed by atoms with van der Waals surface area (Å²) in [5.74, 6) is 0. The Morgan fingerprint density at radius 3 is 1.10 bits per heavy atom. The Kier molecular flexibility index (Phi) is 5.07. The zero-order valence-corrected chi connectivity index (χ0v) is 14.4. The van der Waals surface area contributed by atoms with E-state index in [0.29, 0.717) is 21.2 Å². The molecule has 0 heterocycles. The van der Waals surface area contributed by atoms with Gasteiger partial charge in [0.05, 0.1) is 0 Å². The van der Waals surface area contributed by atoms with Gasteiger partial charge in [-0.25, -0.2) is 0 Å². The van der Waals surface area contributed by atoms with E-state index in [-0.39, 0.29) is 0 Å². The third-order valence-electron chi connectivity index (χ3n) is 2.87. The molecule has 0 fully saturated rings. The lowest BCUT2D eigenvalue weighted by Crippen LogP contribution is -2.35. The van der Waals surface area contributed by atoms with Crippen LogP contribution in [0.2, 0.25) is 10.0 Å². The molecule has 0 saturated carbocycles. The fourth-order valence-corrected chi connectivity index (χ4v) is 3.01. The smallest absolute Gasteiger partial charge is 0.104 e. The van der Waals surface area contributed by atoms with E-state index in [1.165, 1.54) is 0 Å². The lowest BCUT2D eigenvalue weighted by molar-refractivity contribution is 0.748. The highest BCUT2D eigenvalue weighted by Crippen LogP contribution is 2.54. The molecule has 0 aliphatic heterocycles. The molecule has 0 atom stereocenters. The Labute approximate surface area is 147 Å². The van der Waals surface area contributed by atoms with Crippen molar-refractivity contribution in [1.82, 2.24) is 0 Å². The van der Waals surface area contributed by atoms with Crippen molar-refractivity contribution in [2.75, 3.05) is 0 Å². The van der Waals surface area contributed by atoms with Gasteiger partial charge in [0.15, 0.2) is 0 Å². The van der Waals surface area contributed by atoms with Gasteiger partial charge in [-0.3, -0.25) is 0 Å². The second-order valence-corrected chi connectivity index (χ2v) is 7.89. The lowest BCUT2D eigenvalue weighted by Gasteiger charge is -2.35. The number of alkyl halides is 4. The minimum absolute atomic E-state index is 0.577. The predicted octanol–water partition coefficient (Wildman–Crippen LogP) is 6.85. The summed E-state index contributed by atoms with van der Waals surface area (Å²) < 4.78 is -1.75. The Morgan fingerprint density at radius 2 is 0.850 bits per heavy atom. The largest absolute Gasteiger partial charge is 0.217 e. The van der Waals surface area contributed by atoms with Crippen molar-refractivity contribution in [2.24, 2.45) is 0 Å². The van der Waals surface area contributed by atoms with E-state index >= 15 is 0 Å². The van der Waals surface area contributed by atoms with Crippen molar-refractivity contribution < 1.29 is 0 Å². The molecule has 0 bridgehead atoms. The minimum atomic E-state index is -1.75. The van der Waals surface area contributed by atoms with Gasteiger partial charge in [0.25, 0.3) is 0 Å². The molecule has 0 saturated heterocycles. The predicted molar refractivity (Wildman–Crippen MR) is 89.8 cm³/mol. The van der Waals surface area contributed by atoms with E-state index < -0.39 is 8.67 Å². The van der Waals surface area contributed by atoms with E-state index in [2.05, 4.69) is 0 Å². The highest BCUT2D eigenvalue weighted by Gasteiger charge is 2.50. The van der Waals surface area contributed by atoms with Gasteiger partial charge < -0.3 is 0 Å². The Balaban J connectivity index is 2.62. The first-order valence-corrected chi connectivity index (χ1v) is 7.79. The SMILES string of the molecule is Clc1ccc(C(Cl)(c2ccc(Cl)cc2)C(Cl)(Cl)Cl)cc1. The topological polar surface area (TPSA) is 0 Å². The summed E-state index contributed by atoms with van der Waals surface area (Å²) in [6, 6.07) is 13.7. The van der Waals surface area contributed by atoms with Crippen LogP contribution in [0.15, 0.2) is 48.5 Å². The molecule has 2 aromatic carbocycles. The van der Waals surface area contributed by atoms with E-state index in [0.717, 1.165) is 0 Å². The van der Waals surface area contributed by atoms with Crippen LogP contribution in [0, 0.1) is 0 Å². The Morgan fingerprint density at radius 1 is 0.550 bits per heavy atom. The lowest BCUT2D eigenvalue weighted by atomic mass is 9.91. The van der Waals surface area contributed by atoms with E-state index in [1.807, 2.05) is 0 Å². The third-order valence-corrected chi connectivity index (χ3v) is 5.24. The van der Waals surface area contributed by atoms with Crippen LogP contribution in [0.25, 0.3) is 0 Å². The second-order valence-electron chi connectivity index (χ2n) is 4.17. The molecule has 0 spiro atoms. The fraction of sp³-hybridized carbons (Fsp3) is 0.143. The fourth-order valence-electron chi connectivity index (χ4n) is 1.85. The van der Waals surface area contributed by atoms with Crippen LogP contribution in [0.3, 0.4) is 0 Å². The van der Waals surface area contributed by atoms with Crippen LogP contribution < -0.4 is 0 Å². The number of halogens is 6. The van der Waals surface area contributed by atoms with Crippen LogP contribution in [0.1, 0.15) is 11.1 Å². The molecule has 0 N–H and O–H groups in total. The molecule has 2 rings (SSSR count). The number of benzene rings is 2. The molecular weight excluding hydrogens is 381 g/mol. The summed E-state index contributed by atoms with van der Waals surface area (Å²) in [5.41, 5.74) is 1.26. The van der Waals surface area contributed by atoms with Gasteiger partial charge in [-0.1, -0.05) is 82.3 Å². The molecular formula is C14H8Cl6.